The third-order valence-electron chi connectivity index (χ3n) is 4.67. The molecule has 1 saturated heterocycles. The van der Waals surface area contributed by atoms with Gasteiger partial charge in [0.25, 0.3) is 0 Å². The van der Waals surface area contributed by atoms with E-state index in [0.29, 0.717) is 17.8 Å². The topological polar surface area (TPSA) is 61.9 Å². The van der Waals surface area contributed by atoms with Gasteiger partial charge in [-0.2, -0.15) is 0 Å². The minimum atomic E-state index is -0.418. The molecule has 6 nitrogen and oxygen atoms in total. The van der Waals surface area contributed by atoms with Crippen LogP contribution in [0.3, 0.4) is 0 Å². The maximum absolute atomic E-state index is 12.3. The van der Waals surface area contributed by atoms with Crippen molar-refractivity contribution in [2.24, 2.45) is 0 Å². The van der Waals surface area contributed by atoms with E-state index in [1.165, 1.54) is 18.4 Å². The second-order valence-corrected chi connectivity index (χ2v) is 6.72. The monoisotopic (exact) mass is 367 g/mol. The number of nitrogens with zero attached hydrogens (tertiary/aromatic N) is 2. The molecule has 27 heavy (non-hydrogen) atoms. The SMILES string of the molecule is COC(=O)c1cccc(NC(=O)CN2CCN(c3cccc(C)c3)CC2)c1. The highest BCUT2D eigenvalue weighted by Gasteiger charge is 2.19. The van der Waals surface area contributed by atoms with Gasteiger partial charge in [0.2, 0.25) is 5.91 Å². The smallest absolute Gasteiger partial charge is 0.337 e. The van der Waals surface area contributed by atoms with Gasteiger partial charge in [-0.05, 0) is 42.8 Å². The first-order valence-electron chi connectivity index (χ1n) is 9.07. The minimum absolute atomic E-state index is 0.0824. The van der Waals surface area contributed by atoms with E-state index in [0.717, 1.165) is 26.2 Å². The van der Waals surface area contributed by atoms with Gasteiger partial charge in [0.15, 0.2) is 0 Å². The molecule has 2 aromatic carbocycles. The number of hydrogen-bond donors (Lipinski definition) is 1. The molecule has 0 unspecified atom stereocenters. The van der Waals surface area contributed by atoms with E-state index < -0.39 is 5.97 Å². The van der Waals surface area contributed by atoms with Crippen molar-refractivity contribution in [1.29, 1.82) is 0 Å². The number of carbonyl (C=O) groups is 2. The first kappa shape index (κ1) is 18.9. The van der Waals surface area contributed by atoms with Gasteiger partial charge in [-0.1, -0.05) is 18.2 Å². The number of ether oxygens (including phenoxy) is 1. The maximum Gasteiger partial charge on any atom is 0.337 e. The zero-order chi connectivity index (χ0) is 19.2. The molecule has 1 N–H and O–H groups in total. The number of anilines is 2. The van der Waals surface area contributed by atoms with Crippen LogP contribution in [-0.4, -0.2) is 56.6 Å². The van der Waals surface area contributed by atoms with Crippen molar-refractivity contribution in [2.75, 3.05) is 50.1 Å². The molecule has 3 rings (SSSR count). The van der Waals surface area contributed by atoms with Gasteiger partial charge in [0.1, 0.15) is 0 Å². The molecule has 2 aromatic rings. The Kier molecular flexibility index (Phi) is 6.08. The molecular formula is C21H25N3O3. The lowest BCUT2D eigenvalue weighted by Crippen LogP contribution is -2.48. The Morgan fingerprint density at radius 2 is 1.78 bits per heavy atom. The summed E-state index contributed by atoms with van der Waals surface area (Å²) >= 11 is 0. The lowest BCUT2D eigenvalue weighted by molar-refractivity contribution is -0.117. The average molecular weight is 367 g/mol. The van der Waals surface area contributed by atoms with Crippen molar-refractivity contribution in [3.05, 3.63) is 59.7 Å². The van der Waals surface area contributed by atoms with Crippen LogP contribution in [0.2, 0.25) is 0 Å². The lowest BCUT2D eigenvalue weighted by atomic mass is 10.2. The van der Waals surface area contributed by atoms with Gasteiger partial charge in [-0.25, -0.2) is 4.79 Å². The molecule has 1 aliphatic heterocycles. The van der Waals surface area contributed by atoms with Crippen LogP contribution in [-0.2, 0) is 9.53 Å². The minimum Gasteiger partial charge on any atom is -0.465 e. The fraction of sp³-hybridized carbons (Fsp3) is 0.333. The molecule has 0 spiro atoms. The highest BCUT2D eigenvalue weighted by molar-refractivity contribution is 5.95. The van der Waals surface area contributed by atoms with E-state index in [1.54, 1.807) is 24.3 Å². The molecule has 6 heteroatoms. The number of piperazine rings is 1. The summed E-state index contributed by atoms with van der Waals surface area (Å²) in [6.45, 7) is 5.90. The van der Waals surface area contributed by atoms with Crippen LogP contribution in [0.25, 0.3) is 0 Å². The number of methoxy groups -OCH3 is 1. The number of carbonyl (C=O) groups excluding carboxylic acids is 2. The van der Waals surface area contributed by atoms with Crippen LogP contribution >= 0.6 is 0 Å². The number of esters is 1. The second-order valence-electron chi connectivity index (χ2n) is 6.72. The molecule has 0 bridgehead atoms. The van der Waals surface area contributed by atoms with Crippen LogP contribution < -0.4 is 10.2 Å². The van der Waals surface area contributed by atoms with E-state index in [4.69, 9.17) is 4.74 Å². The van der Waals surface area contributed by atoms with E-state index >= 15 is 0 Å². The van der Waals surface area contributed by atoms with E-state index in [-0.39, 0.29) is 5.91 Å². The number of hydrogen-bond acceptors (Lipinski definition) is 5. The Bertz CT molecular complexity index is 814. The maximum atomic E-state index is 12.3. The van der Waals surface area contributed by atoms with Gasteiger partial charge in [-0.3, -0.25) is 9.69 Å². The average Bonchev–Trinajstić information content (AvgIpc) is 2.68. The molecule has 0 aliphatic carbocycles. The summed E-state index contributed by atoms with van der Waals surface area (Å²) in [6, 6.07) is 15.3. The van der Waals surface area contributed by atoms with Gasteiger partial charge in [0, 0.05) is 37.6 Å². The molecule has 0 saturated carbocycles. The van der Waals surface area contributed by atoms with Gasteiger partial charge >= 0.3 is 5.97 Å². The van der Waals surface area contributed by atoms with Crippen LogP contribution in [0.5, 0.6) is 0 Å². The predicted molar refractivity (Wildman–Crippen MR) is 106 cm³/mol. The zero-order valence-corrected chi connectivity index (χ0v) is 15.8. The predicted octanol–water partition coefficient (Wildman–Crippen LogP) is 2.54. The fourth-order valence-corrected chi connectivity index (χ4v) is 3.23. The molecule has 0 aromatic heterocycles. The fourth-order valence-electron chi connectivity index (χ4n) is 3.23. The summed E-state index contributed by atoms with van der Waals surface area (Å²) < 4.78 is 4.71. The van der Waals surface area contributed by atoms with Crippen LogP contribution in [0.4, 0.5) is 11.4 Å². The molecule has 1 amide bonds. The second kappa shape index (κ2) is 8.68. The highest BCUT2D eigenvalue weighted by Crippen LogP contribution is 2.18. The molecule has 0 atom stereocenters. The van der Waals surface area contributed by atoms with Crippen molar-refractivity contribution in [2.45, 2.75) is 6.92 Å². The van der Waals surface area contributed by atoms with E-state index in [2.05, 4.69) is 46.3 Å². The first-order valence-corrected chi connectivity index (χ1v) is 9.07. The Morgan fingerprint density at radius 1 is 1.04 bits per heavy atom. The Labute approximate surface area is 159 Å². The summed E-state index contributed by atoms with van der Waals surface area (Å²) in [7, 11) is 1.34. The normalized spacial score (nSPS) is 14.7. The molecule has 1 aliphatic rings. The quantitative estimate of drug-likeness (QED) is 0.823. The Morgan fingerprint density at radius 3 is 2.48 bits per heavy atom. The molecule has 142 valence electrons. The zero-order valence-electron chi connectivity index (χ0n) is 15.8. The summed E-state index contributed by atoms with van der Waals surface area (Å²) in [6.07, 6.45) is 0. The van der Waals surface area contributed by atoms with Crippen molar-refractivity contribution in [3.8, 4) is 0 Å². The highest BCUT2D eigenvalue weighted by atomic mass is 16.5. The number of nitrogens with one attached hydrogen (secondary N) is 1. The van der Waals surface area contributed by atoms with E-state index in [1.807, 2.05) is 0 Å². The Balaban J connectivity index is 1.50. The summed E-state index contributed by atoms with van der Waals surface area (Å²) in [4.78, 5) is 28.4. The number of rotatable bonds is 5. The Hall–Kier alpha value is -2.86. The largest absolute Gasteiger partial charge is 0.465 e. The summed E-state index contributed by atoms with van der Waals surface area (Å²) in [5, 5.41) is 2.86. The molecule has 0 radical (unpaired) electrons. The first-order chi connectivity index (χ1) is 13.0. The summed E-state index contributed by atoms with van der Waals surface area (Å²) in [5.74, 6) is -0.501. The van der Waals surface area contributed by atoms with Gasteiger partial charge < -0.3 is 15.0 Å². The van der Waals surface area contributed by atoms with E-state index in [9.17, 15) is 9.59 Å². The van der Waals surface area contributed by atoms with Crippen LogP contribution in [0.1, 0.15) is 15.9 Å². The number of aryl methyl sites for hydroxylation is 1. The van der Waals surface area contributed by atoms with Crippen molar-refractivity contribution in [1.82, 2.24) is 4.90 Å². The van der Waals surface area contributed by atoms with Crippen molar-refractivity contribution < 1.29 is 14.3 Å². The summed E-state index contributed by atoms with van der Waals surface area (Å²) in [5.41, 5.74) is 3.51. The van der Waals surface area contributed by atoms with Crippen LogP contribution in [0.15, 0.2) is 48.5 Å². The molecule has 1 fully saturated rings. The third kappa shape index (κ3) is 5.08. The third-order valence-corrected chi connectivity index (χ3v) is 4.67. The standard InChI is InChI=1S/C21H25N3O3/c1-16-5-3-8-19(13-16)24-11-9-23(10-12-24)15-20(25)22-18-7-4-6-17(14-18)21(26)27-2/h3-8,13-14H,9-12,15H2,1-2H3,(H,22,25). The molecule has 1 heterocycles. The molecular weight excluding hydrogens is 342 g/mol. The van der Waals surface area contributed by atoms with Crippen molar-refractivity contribution >= 4 is 23.3 Å². The van der Waals surface area contributed by atoms with Gasteiger partial charge in [0.05, 0.1) is 19.2 Å². The lowest BCUT2D eigenvalue weighted by Gasteiger charge is -2.35. The van der Waals surface area contributed by atoms with Crippen LogP contribution in [0, 0.1) is 6.92 Å². The van der Waals surface area contributed by atoms with Crippen molar-refractivity contribution in [3.63, 3.8) is 0 Å². The van der Waals surface area contributed by atoms with Gasteiger partial charge in [-0.15, -0.1) is 0 Å². The number of amides is 1. The number of benzene rings is 2.